The molecule has 2 heterocycles. The van der Waals surface area contributed by atoms with E-state index in [-0.39, 0.29) is 24.2 Å². The molecule has 1 fully saturated rings. The van der Waals surface area contributed by atoms with Crippen molar-refractivity contribution < 1.29 is 23.9 Å². The quantitative estimate of drug-likeness (QED) is 0.434. The highest BCUT2D eigenvalue weighted by Gasteiger charge is 2.62. The van der Waals surface area contributed by atoms with Crippen molar-refractivity contribution in [3.63, 3.8) is 0 Å². The molecule has 1 aliphatic carbocycles. The number of methoxy groups -OCH3 is 1. The molecule has 2 atom stereocenters. The number of carbonyl (C=O) groups is 3. The van der Waals surface area contributed by atoms with Gasteiger partial charge in [-0.1, -0.05) is 19.8 Å². The van der Waals surface area contributed by atoms with Gasteiger partial charge in [-0.15, -0.1) is 0 Å². The maximum atomic E-state index is 13.3. The van der Waals surface area contributed by atoms with Gasteiger partial charge in [0.1, 0.15) is 5.41 Å². The molecule has 0 aromatic heterocycles. The van der Waals surface area contributed by atoms with E-state index < -0.39 is 11.3 Å². The molecule has 0 saturated carbocycles. The maximum Gasteiger partial charge on any atom is 0.318 e. The average Bonchev–Trinajstić information content (AvgIpc) is 2.88. The Morgan fingerprint density at radius 3 is 2.70 bits per heavy atom. The smallest absolute Gasteiger partial charge is 0.318 e. The number of allylic oxidation sites excluding steroid dienone is 1. The van der Waals surface area contributed by atoms with E-state index in [1.165, 1.54) is 12.7 Å². The van der Waals surface area contributed by atoms with Crippen molar-refractivity contribution in [1.82, 2.24) is 10.2 Å². The van der Waals surface area contributed by atoms with Gasteiger partial charge in [0.15, 0.2) is 0 Å². The van der Waals surface area contributed by atoms with Crippen molar-refractivity contribution >= 4 is 17.8 Å². The van der Waals surface area contributed by atoms with Gasteiger partial charge in [-0.05, 0) is 50.5 Å². The molecule has 30 heavy (non-hydrogen) atoms. The highest BCUT2D eigenvalue weighted by atomic mass is 16.5. The third kappa shape index (κ3) is 4.41. The first-order chi connectivity index (χ1) is 14.6. The summed E-state index contributed by atoms with van der Waals surface area (Å²) < 4.78 is 10.7. The topological polar surface area (TPSA) is 84.9 Å². The first-order valence-corrected chi connectivity index (χ1v) is 11.5. The lowest BCUT2D eigenvalue weighted by Gasteiger charge is -2.34. The molecule has 1 N–H and O–H groups in total. The monoisotopic (exact) mass is 420 g/mol. The van der Waals surface area contributed by atoms with Crippen molar-refractivity contribution in [1.29, 1.82) is 0 Å². The summed E-state index contributed by atoms with van der Waals surface area (Å²) in [4.78, 5) is 40.9. The summed E-state index contributed by atoms with van der Waals surface area (Å²) >= 11 is 0. The fourth-order valence-corrected chi connectivity index (χ4v) is 5.28. The molecule has 168 valence electrons. The number of nitrogens with one attached hydrogen (secondary N) is 1. The van der Waals surface area contributed by atoms with E-state index in [4.69, 9.17) is 9.47 Å². The van der Waals surface area contributed by atoms with Crippen molar-refractivity contribution in [3.8, 4) is 0 Å². The number of unbranched alkanes of at least 4 members (excludes halogenated alkanes) is 1. The third-order valence-corrected chi connectivity index (χ3v) is 6.72. The summed E-state index contributed by atoms with van der Waals surface area (Å²) in [7, 11) is 1.38. The van der Waals surface area contributed by atoms with Crippen LogP contribution in [0.3, 0.4) is 0 Å². The molecular formula is C23H36N2O5. The number of nitrogens with zero attached hydrogens (tertiary/aromatic N) is 1. The normalized spacial score (nSPS) is 25.7. The Morgan fingerprint density at radius 2 is 1.93 bits per heavy atom. The first-order valence-electron chi connectivity index (χ1n) is 11.5. The van der Waals surface area contributed by atoms with E-state index in [1.807, 2.05) is 0 Å². The van der Waals surface area contributed by atoms with Gasteiger partial charge < -0.3 is 19.7 Å². The van der Waals surface area contributed by atoms with Crippen LogP contribution >= 0.6 is 0 Å². The van der Waals surface area contributed by atoms with E-state index >= 15 is 0 Å². The van der Waals surface area contributed by atoms with E-state index in [1.54, 1.807) is 4.90 Å². The Hall–Kier alpha value is -1.89. The summed E-state index contributed by atoms with van der Waals surface area (Å²) in [6.45, 7) is 4.61. The highest BCUT2D eigenvalue weighted by molar-refractivity contribution is 5.99. The van der Waals surface area contributed by atoms with Crippen LogP contribution in [0.1, 0.15) is 71.1 Å². The van der Waals surface area contributed by atoms with Gasteiger partial charge in [-0.3, -0.25) is 14.4 Å². The summed E-state index contributed by atoms with van der Waals surface area (Å²) in [6, 6.07) is 0. The van der Waals surface area contributed by atoms with Crippen LogP contribution in [0, 0.1) is 11.3 Å². The van der Waals surface area contributed by atoms with Crippen LogP contribution in [0.2, 0.25) is 0 Å². The Morgan fingerprint density at radius 1 is 1.17 bits per heavy atom. The van der Waals surface area contributed by atoms with Crippen LogP contribution in [-0.2, 0) is 23.9 Å². The van der Waals surface area contributed by atoms with Gasteiger partial charge in [-0.2, -0.15) is 0 Å². The van der Waals surface area contributed by atoms with Crippen molar-refractivity contribution in [2.75, 3.05) is 33.4 Å². The van der Waals surface area contributed by atoms with Crippen LogP contribution in [-0.4, -0.2) is 56.1 Å². The summed E-state index contributed by atoms with van der Waals surface area (Å²) in [5.41, 5.74) is 1.08. The predicted octanol–water partition coefficient (Wildman–Crippen LogP) is 2.94. The van der Waals surface area contributed by atoms with Gasteiger partial charge in [0.2, 0.25) is 11.8 Å². The molecule has 7 nitrogen and oxygen atoms in total. The largest absolute Gasteiger partial charge is 0.468 e. The molecule has 0 unspecified atom stereocenters. The Labute approximate surface area is 179 Å². The minimum absolute atomic E-state index is 0.0257. The molecule has 0 spiro atoms. The van der Waals surface area contributed by atoms with Crippen molar-refractivity contribution in [2.45, 2.75) is 71.1 Å². The SMILES string of the molecule is CCCCOCCCNC(=O)C[C@@H]1C(=O)N2CCCC3=C2[C@@]1(C(=O)OC)CCCC3. The van der Waals surface area contributed by atoms with Crippen LogP contribution in [0.5, 0.6) is 0 Å². The van der Waals surface area contributed by atoms with Crippen LogP contribution in [0.25, 0.3) is 0 Å². The molecule has 0 aromatic rings. The number of carbonyl (C=O) groups excluding carboxylic acids is 3. The van der Waals surface area contributed by atoms with E-state index in [2.05, 4.69) is 12.2 Å². The number of ether oxygens (including phenoxy) is 2. The number of hydrogen-bond donors (Lipinski definition) is 1. The van der Waals surface area contributed by atoms with Crippen molar-refractivity contribution in [2.24, 2.45) is 11.3 Å². The van der Waals surface area contributed by atoms with Gasteiger partial charge >= 0.3 is 5.97 Å². The lowest BCUT2D eigenvalue weighted by atomic mass is 9.70. The number of hydrogen-bond acceptors (Lipinski definition) is 5. The molecule has 0 bridgehead atoms. The molecule has 7 heteroatoms. The van der Waals surface area contributed by atoms with Crippen LogP contribution in [0.4, 0.5) is 0 Å². The molecule has 0 aromatic carbocycles. The number of esters is 1. The molecule has 3 rings (SSSR count). The zero-order valence-corrected chi connectivity index (χ0v) is 18.5. The minimum atomic E-state index is -1.00. The predicted molar refractivity (Wildman–Crippen MR) is 112 cm³/mol. The van der Waals surface area contributed by atoms with Gasteiger partial charge in [0, 0.05) is 38.4 Å². The van der Waals surface area contributed by atoms with E-state index in [0.717, 1.165) is 63.7 Å². The number of rotatable bonds is 10. The lowest BCUT2D eigenvalue weighted by molar-refractivity contribution is -0.155. The molecule has 2 amide bonds. The molecule has 1 saturated heterocycles. The van der Waals surface area contributed by atoms with Gasteiger partial charge in [0.05, 0.1) is 13.0 Å². The zero-order chi connectivity index (χ0) is 21.6. The second kappa shape index (κ2) is 10.4. The van der Waals surface area contributed by atoms with Crippen LogP contribution < -0.4 is 5.32 Å². The average molecular weight is 421 g/mol. The second-order valence-corrected chi connectivity index (χ2v) is 8.64. The number of amides is 2. The van der Waals surface area contributed by atoms with E-state index in [0.29, 0.717) is 26.1 Å². The summed E-state index contributed by atoms with van der Waals surface area (Å²) in [5.74, 6) is -1.31. The van der Waals surface area contributed by atoms with Crippen molar-refractivity contribution in [3.05, 3.63) is 11.3 Å². The fourth-order valence-electron chi connectivity index (χ4n) is 5.28. The standard InChI is InChI=1S/C23H36N2O5/c1-3-4-14-30-15-8-12-24-19(26)16-18-21(27)25-13-7-10-17-9-5-6-11-23(18,20(17)25)22(28)29-2/h18H,3-16H2,1-2H3,(H,24,26)/t18-,23-/m1/s1. The second-order valence-electron chi connectivity index (χ2n) is 8.64. The molecule has 3 aliphatic rings. The summed E-state index contributed by atoms with van der Waals surface area (Å²) in [6.07, 6.45) is 8.11. The fraction of sp³-hybridized carbons (Fsp3) is 0.783. The molecule has 0 radical (unpaired) electrons. The Balaban J connectivity index is 1.70. The minimum Gasteiger partial charge on any atom is -0.468 e. The summed E-state index contributed by atoms with van der Waals surface area (Å²) in [5, 5.41) is 2.91. The first kappa shape index (κ1) is 22.8. The van der Waals surface area contributed by atoms with Gasteiger partial charge in [-0.25, -0.2) is 0 Å². The maximum absolute atomic E-state index is 13.3. The van der Waals surface area contributed by atoms with Crippen LogP contribution in [0.15, 0.2) is 11.3 Å². The molecule has 2 aliphatic heterocycles. The molecular weight excluding hydrogens is 384 g/mol. The highest BCUT2D eigenvalue weighted by Crippen LogP contribution is 2.56. The zero-order valence-electron chi connectivity index (χ0n) is 18.5. The van der Waals surface area contributed by atoms with Gasteiger partial charge in [0.25, 0.3) is 0 Å². The van der Waals surface area contributed by atoms with E-state index in [9.17, 15) is 14.4 Å². The lowest BCUT2D eigenvalue weighted by Crippen LogP contribution is -2.42. The Bertz CT molecular complexity index is 689. The third-order valence-electron chi connectivity index (χ3n) is 6.72. The Kier molecular flexibility index (Phi) is 7.92.